The van der Waals surface area contributed by atoms with Crippen molar-refractivity contribution in [1.29, 1.82) is 0 Å². The van der Waals surface area contributed by atoms with Crippen molar-refractivity contribution in [1.82, 2.24) is 0 Å². The van der Waals surface area contributed by atoms with Crippen LogP contribution in [0.5, 0.6) is 0 Å². The van der Waals surface area contributed by atoms with Crippen LogP contribution in [-0.2, 0) is 10.8 Å². The van der Waals surface area contributed by atoms with Gasteiger partial charge in [-0.3, -0.25) is 0 Å². The van der Waals surface area contributed by atoms with E-state index in [1.54, 1.807) is 0 Å². The summed E-state index contributed by atoms with van der Waals surface area (Å²) in [4.78, 5) is 4.99. The molecular weight excluding hydrogens is 773 g/mol. The number of benzene rings is 9. The lowest BCUT2D eigenvalue weighted by Crippen LogP contribution is -2.28. The van der Waals surface area contributed by atoms with Gasteiger partial charge in [0.1, 0.15) is 0 Å². The van der Waals surface area contributed by atoms with E-state index in [9.17, 15) is 0 Å². The van der Waals surface area contributed by atoms with Crippen LogP contribution in [0.3, 0.4) is 0 Å². The number of nitrogens with zero attached hydrogens (tertiary/aromatic N) is 2. The monoisotopic (exact) mass is 824 g/mol. The SMILES string of the molecule is c1ccc2c(c1)-c1ccc(N(c3ccc(N(c4ccc5c(c4)C4(CCCCC4)c4ccccc4-5)c4ccc5ccccc5c4)cc3)c3ccc4ccccc4c3)cc1C21CCCCC1. The Morgan fingerprint density at radius 2 is 0.578 bits per heavy atom. The quantitative estimate of drug-likeness (QED) is 0.165. The minimum absolute atomic E-state index is 0.0763. The molecule has 0 bridgehead atoms. The van der Waals surface area contributed by atoms with E-state index in [1.165, 1.54) is 153 Å². The van der Waals surface area contributed by atoms with Crippen LogP contribution in [-0.4, -0.2) is 0 Å². The molecule has 2 fully saturated rings. The first kappa shape index (κ1) is 37.6. The fraction of sp³-hybridized carbons (Fsp3) is 0.194. The van der Waals surface area contributed by atoms with Gasteiger partial charge in [-0.1, -0.05) is 160 Å². The summed E-state index contributed by atoms with van der Waals surface area (Å²) >= 11 is 0. The molecule has 2 saturated carbocycles. The molecule has 0 N–H and O–H groups in total. The molecule has 2 spiro atoms. The predicted octanol–water partition coefficient (Wildman–Crippen LogP) is 17.4. The zero-order chi connectivity index (χ0) is 42.2. The van der Waals surface area contributed by atoms with E-state index in [-0.39, 0.29) is 10.8 Å². The van der Waals surface area contributed by atoms with E-state index < -0.39 is 0 Å². The lowest BCUT2D eigenvalue weighted by Gasteiger charge is -2.37. The Hall–Kier alpha value is -6.90. The van der Waals surface area contributed by atoms with Gasteiger partial charge < -0.3 is 9.80 Å². The topological polar surface area (TPSA) is 6.48 Å². The van der Waals surface area contributed by atoms with Crippen molar-refractivity contribution in [3.05, 3.63) is 216 Å². The summed E-state index contributed by atoms with van der Waals surface area (Å²) in [6.45, 7) is 0. The Balaban J connectivity index is 0.962. The molecule has 0 heterocycles. The highest BCUT2D eigenvalue weighted by molar-refractivity contribution is 5.93. The van der Waals surface area contributed by atoms with Crippen molar-refractivity contribution >= 4 is 55.7 Å². The van der Waals surface area contributed by atoms with E-state index >= 15 is 0 Å². The molecule has 0 atom stereocenters. The van der Waals surface area contributed by atoms with Crippen molar-refractivity contribution in [2.24, 2.45) is 0 Å². The molecule has 2 nitrogen and oxygen atoms in total. The van der Waals surface area contributed by atoms with E-state index in [0.29, 0.717) is 0 Å². The van der Waals surface area contributed by atoms with Crippen molar-refractivity contribution in [2.75, 3.05) is 9.80 Å². The van der Waals surface area contributed by atoms with Crippen molar-refractivity contribution in [2.45, 2.75) is 75.0 Å². The highest BCUT2D eigenvalue weighted by Crippen LogP contribution is 2.58. The molecule has 0 aliphatic heterocycles. The third-order valence-electron chi connectivity index (χ3n) is 15.8. The molecule has 0 radical (unpaired) electrons. The average molecular weight is 825 g/mol. The van der Waals surface area contributed by atoms with Gasteiger partial charge in [0.2, 0.25) is 0 Å². The Labute approximate surface area is 377 Å². The summed E-state index contributed by atoms with van der Waals surface area (Å²) < 4.78 is 0. The first-order chi connectivity index (χ1) is 31.7. The normalized spacial score (nSPS) is 16.4. The molecular formula is C62H52N2. The van der Waals surface area contributed by atoms with Crippen molar-refractivity contribution in [3.8, 4) is 22.3 Å². The number of fused-ring (bicyclic) bond motifs is 12. The fourth-order valence-electron chi connectivity index (χ4n) is 12.8. The van der Waals surface area contributed by atoms with Gasteiger partial charge in [0.25, 0.3) is 0 Å². The zero-order valence-corrected chi connectivity index (χ0v) is 36.4. The standard InChI is InChI=1S/C62H52N2/c1-11-35-61(36-12-1)57-21-9-7-19-53(57)55-33-31-51(41-59(55)61)63(49-25-23-43-15-3-5-17-45(43)39-49)47-27-29-48(30-28-47)64(50-26-24-44-16-4-6-18-46(44)40-50)52-32-34-56-54-20-8-10-22-58(54)62(60(56)42-52)37-13-2-14-38-62/h3-10,15-34,39-42H,1-2,11-14,35-38H2. The third-order valence-corrected chi connectivity index (χ3v) is 15.8. The molecule has 0 unspecified atom stereocenters. The number of hydrogen-bond acceptors (Lipinski definition) is 2. The highest BCUT2D eigenvalue weighted by atomic mass is 15.2. The van der Waals surface area contributed by atoms with Gasteiger partial charge in [0.05, 0.1) is 0 Å². The van der Waals surface area contributed by atoms with Gasteiger partial charge in [0.15, 0.2) is 0 Å². The van der Waals surface area contributed by atoms with Gasteiger partial charge in [-0.15, -0.1) is 0 Å². The Bertz CT molecular complexity index is 3030. The van der Waals surface area contributed by atoms with Gasteiger partial charge in [0, 0.05) is 45.0 Å². The summed E-state index contributed by atoms with van der Waals surface area (Å²) in [7, 11) is 0. The number of hydrogen-bond donors (Lipinski definition) is 0. The minimum atomic E-state index is 0.0763. The van der Waals surface area contributed by atoms with Crippen LogP contribution in [0.4, 0.5) is 34.1 Å². The second-order valence-corrected chi connectivity index (χ2v) is 19.1. The average Bonchev–Trinajstić information content (AvgIpc) is 3.77. The summed E-state index contributed by atoms with van der Waals surface area (Å²) in [6, 6.07) is 73.9. The molecule has 0 aromatic heterocycles. The maximum Gasteiger partial charge on any atom is 0.0468 e. The van der Waals surface area contributed by atoms with Gasteiger partial charge >= 0.3 is 0 Å². The lowest BCUT2D eigenvalue weighted by atomic mass is 9.68. The largest absolute Gasteiger partial charge is 0.310 e. The van der Waals surface area contributed by atoms with Crippen molar-refractivity contribution < 1.29 is 0 Å². The molecule has 4 aliphatic carbocycles. The van der Waals surface area contributed by atoms with Crippen LogP contribution in [0.2, 0.25) is 0 Å². The first-order valence-corrected chi connectivity index (χ1v) is 23.8. The summed E-state index contributed by atoms with van der Waals surface area (Å²) in [6.07, 6.45) is 12.6. The van der Waals surface area contributed by atoms with Crippen LogP contribution in [0.15, 0.2) is 194 Å². The number of anilines is 6. The Morgan fingerprint density at radius 3 is 1.02 bits per heavy atom. The second-order valence-electron chi connectivity index (χ2n) is 19.1. The molecule has 2 heteroatoms. The molecule has 9 aromatic carbocycles. The van der Waals surface area contributed by atoms with Crippen LogP contribution in [0.25, 0.3) is 43.8 Å². The minimum Gasteiger partial charge on any atom is -0.310 e. The molecule has 4 aliphatic rings. The fourth-order valence-corrected chi connectivity index (χ4v) is 12.8. The molecule has 9 aromatic rings. The summed E-state index contributed by atoms with van der Waals surface area (Å²) in [5, 5.41) is 5.00. The van der Waals surface area contributed by atoms with E-state index in [0.717, 1.165) is 11.4 Å². The molecule has 0 saturated heterocycles. The van der Waals surface area contributed by atoms with E-state index in [1.807, 2.05) is 0 Å². The second kappa shape index (κ2) is 14.8. The van der Waals surface area contributed by atoms with E-state index in [4.69, 9.17) is 0 Å². The molecule has 0 amide bonds. The third kappa shape index (κ3) is 5.78. The summed E-state index contributed by atoms with van der Waals surface area (Å²) in [5.41, 5.74) is 18.9. The smallest absolute Gasteiger partial charge is 0.0468 e. The maximum atomic E-state index is 2.55. The van der Waals surface area contributed by atoms with Gasteiger partial charge in [-0.25, -0.2) is 0 Å². The van der Waals surface area contributed by atoms with Gasteiger partial charge in [-0.2, -0.15) is 0 Å². The first-order valence-electron chi connectivity index (χ1n) is 23.8. The van der Waals surface area contributed by atoms with Crippen molar-refractivity contribution in [3.63, 3.8) is 0 Å². The van der Waals surface area contributed by atoms with Crippen LogP contribution >= 0.6 is 0 Å². The van der Waals surface area contributed by atoms with Crippen LogP contribution in [0, 0.1) is 0 Å². The van der Waals surface area contributed by atoms with Gasteiger partial charge in [-0.05, 0) is 165 Å². The lowest BCUT2D eigenvalue weighted by molar-refractivity contribution is 0.353. The Morgan fingerprint density at radius 1 is 0.250 bits per heavy atom. The highest BCUT2D eigenvalue weighted by Gasteiger charge is 2.45. The Kier molecular flexibility index (Phi) is 8.73. The zero-order valence-electron chi connectivity index (χ0n) is 36.4. The van der Waals surface area contributed by atoms with Crippen LogP contribution in [0.1, 0.15) is 86.5 Å². The molecule has 64 heavy (non-hydrogen) atoms. The number of rotatable bonds is 6. The van der Waals surface area contributed by atoms with Crippen LogP contribution < -0.4 is 9.80 Å². The van der Waals surface area contributed by atoms with E-state index in [2.05, 4.69) is 204 Å². The predicted molar refractivity (Wildman–Crippen MR) is 269 cm³/mol. The maximum absolute atomic E-state index is 2.55. The molecule has 310 valence electrons. The molecule has 13 rings (SSSR count). The summed E-state index contributed by atoms with van der Waals surface area (Å²) in [5.74, 6) is 0.